The number of nitrogens with zero attached hydrogens (tertiary/aromatic N) is 1. The van der Waals surface area contributed by atoms with Crippen LogP contribution < -0.4 is 0 Å². The van der Waals surface area contributed by atoms with Crippen LogP contribution in [0.25, 0.3) is 6.08 Å². The standard InChI is InChI=1S/C12H12ClNO4S/c13-10-3-1-8(19-10)2-4-11(15)14-5-6-18-9(7-14)12(16)17/h1-4,9H,5-7H2,(H,16,17)/b4-2-/t9-/m0/s1. The SMILES string of the molecule is O=C(O)[C@@H]1CN(C(=O)/C=C\c2ccc(Cl)s2)CCO1. The molecule has 0 aromatic carbocycles. The number of morpholine rings is 1. The Labute approximate surface area is 119 Å². The molecule has 1 N–H and O–H groups in total. The second kappa shape index (κ2) is 6.18. The molecular weight excluding hydrogens is 290 g/mol. The van der Waals surface area contributed by atoms with Gasteiger partial charge in [0.1, 0.15) is 0 Å². The van der Waals surface area contributed by atoms with Gasteiger partial charge >= 0.3 is 5.97 Å². The maximum atomic E-state index is 11.9. The minimum Gasteiger partial charge on any atom is -0.479 e. The zero-order valence-electron chi connectivity index (χ0n) is 9.91. The molecule has 7 heteroatoms. The lowest BCUT2D eigenvalue weighted by Crippen LogP contribution is -2.48. The number of rotatable bonds is 3. The first-order chi connectivity index (χ1) is 9.06. The number of ether oxygens (including phenoxy) is 1. The lowest BCUT2D eigenvalue weighted by Gasteiger charge is -2.30. The van der Waals surface area contributed by atoms with Crippen molar-refractivity contribution in [1.29, 1.82) is 0 Å². The van der Waals surface area contributed by atoms with Gasteiger partial charge in [-0.1, -0.05) is 11.6 Å². The molecule has 1 aliphatic heterocycles. The van der Waals surface area contributed by atoms with Crippen LogP contribution in [0.3, 0.4) is 0 Å². The number of carbonyl (C=O) groups excluding carboxylic acids is 1. The van der Waals surface area contributed by atoms with E-state index in [1.54, 1.807) is 12.1 Å². The van der Waals surface area contributed by atoms with Gasteiger partial charge in [-0.15, -0.1) is 11.3 Å². The summed E-state index contributed by atoms with van der Waals surface area (Å²) in [6, 6.07) is 3.57. The molecule has 102 valence electrons. The summed E-state index contributed by atoms with van der Waals surface area (Å²) < 4.78 is 5.71. The van der Waals surface area contributed by atoms with E-state index in [0.29, 0.717) is 10.9 Å². The molecule has 1 aliphatic rings. The first kappa shape index (κ1) is 14.0. The number of amides is 1. The Morgan fingerprint density at radius 1 is 1.53 bits per heavy atom. The number of hydrogen-bond donors (Lipinski definition) is 1. The maximum Gasteiger partial charge on any atom is 0.334 e. The molecule has 0 aliphatic carbocycles. The van der Waals surface area contributed by atoms with Crippen LogP contribution in [-0.2, 0) is 14.3 Å². The van der Waals surface area contributed by atoms with E-state index in [1.807, 2.05) is 6.07 Å². The van der Waals surface area contributed by atoms with Gasteiger partial charge in [0, 0.05) is 17.5 Å². The Balaban J connectivity index is 1.96. The summed E-state index contributed by atoms with van der Waals surface area (Å²) in [6.45, 7) is 0.712. The van der Waals surface area contributed by atoms with E-state index < -0.39 is 12.1 Å². The van der Waals surface area contributed by atoms with Crippen molar-refractivity contribution >= 4 is 40.9 Å². The van der Waals surface area contributed by atoms with Gasteiger partial charge < -0.3 is 14.7 Å². The summed E-state index contributed by atoms with van der Waals surface area (Å²) in [5, 5.41) is 8.85. The molecule has 1 aromatic heterocycles. The second-order valence-corrected chi connectivity index (χ2v) is 5.70. The molecule has 2 heterocycles. The zero-order valence-corrected chi connectivity index (χ0v) is 11.5. The summed E-state index contributed by atoms with van der Waals surface area (Å²) in [7, 11) is 0. The summed E-state index contributed by atoms with van der Waals surface area (Å²) in [6.07, 6.45) is 2.15. The first-order valence-corrected chi connectivity index (χ1v) is 6.82. The quantitative estimate of drug-likeness (QED) is 0.863. The van der Waals surface area contributed by atoms with E-state index in [4.69, 9.17) is 21.4 Å². The van der Waals surface area contributed by atoms with Crippen LogP contribution in [0.4, 0.5) is 0 Å². The molecular formula is C12H12ClNO4S. The Kier molecular flexibility index (Phi) is 4.57. The van der Waals surface area contributed by atoms with Crippen LogP contribution in [0.15, 0.2) is 18.2 Å². The molecule has 5 nitrogen and oxygen atoms in total. The third-order valence-corrected chi connectivity index (χ3v) is 3.83. The van der Waals surface area contributed by atoms with E-state index >= 15 is 0 Å². The molecule has 0 bridgehead atoms. The minimum absolute atomic E-state index is 0.0731. The topological polar surface area (TPSA) is 66.8 Å². The highest BCUT2D eigenvalue weighted by atomic mass is 35.5. The van der Waals surface area contributed by atoms with Crippen molar-refractivity contribution in [3.8, 4) is 0 Å². The lowest BCUT2D eigenvalue weighted by molar-refractivity contribution is -0.158. The predicted molar refractivity (Wildman–Crippen MR) is 72.3 cm³/mol. The highest BCUT2D eigenvalue weighted by Gasteiger charge is 2.27. The third-order valence-electron chi connectivity index (χ3n) is 2.64. The number of carboxylic acid groups (broad SMARTS) is 1. The molecule has 19 heavy (non-hydrogen) atoms. The van der Waals surface area contributed by atoms with Gasteiger partial charge in [-0.05, 0) is 18.2 Å². The Morgan fingerprint density at radius 2 is 2.32 bits per heavy atom. The van der Waals surface area contributed by atoms with Crippen molar-refractivity contribution in [2.24, 2.45) is 0 Å². The third kappa shape index (κ3) is 3.79. The molecule has 1 aromatic rings. The number of thiophene rings is 1. The number of halogens is 1. The monoisotopic (exact) mass is 301 g/mol. The van der Waals surface area contributed by atoms with Crippen LogP contribution in [0, 0.1) is 0 Å². The molecule has 1 saturated heterocycles. The molecule has 1 fully saturated rings. The van der Waals surface area contributed by atoms with Gasteiger partial charge in [-0.3, -0.25) is 4.79 Å². The number of carboxylic acids is 1. The fraction of sp³-hybridized carbons (Fsp3) is 0.333. The van der Waals surface area contributed by atoms with Gasteiger partial charge in [0.25, 0.3) is 0 Å². The average molecular weight is 302 g/mol. The molecule has 0 radical (unpaired) electrons. The molecule has 1 atom stereocenters. The van der Waals surface area contributed by atoms with E-state index in [2.05, 4.69) is 0 Å². The van der Waals surface area contributed by atoms with Crippen LogP contribution in [0.1, 0.15) is 4.88 Å². The Morgan fingerprint density at radius 3 is 2.95 bits per heavy atom. The maximum absolute atomic E-state index is 11.9. The van der Waals surface area contributed by atoms with Gasteiger partial charge in [0.15, 0.2) is 6.10 Å². The van der Waals surface area contributed by atoms with E-state index in [9.17, 15) is 9.59 Å². The summed E-state index contributed by atoms with van der Waals surface area (Å²) >= 11 is 7.16. The zero-order chi connectivity index (χ0) is 13.8. The van der Waals surface area contributed by atoms with Crippen molar-refractivity contribution < 1.29 is 19.4 Å². The van der Waals surface area contributed by atoms with Gasteiger partial charge in [-0.25, -0.2) is 4.79 Å². The molecule has 0 unspecified atom stereocenters. The van der Waals surface area contributed by atoms with Gasteiger partial charge in [-0.2, -0.15) is 0 Å². The highest BCUT2D eigenvalue weighted by molar-refractivity contribution is 7.17. The number of hydrogen-bond acceptors (Lipinski definition) is 4. The minimum atomic E-state index is -1.05. The van der Waals surface area contributed by atoms with Crippen molar-refractivity contribution in [2.75, 3.05) is 19.7 Å². The van der Waals surface area contributed by atoms with Crippen molar-refractivity contribution in [3.63, 3.8) is 0 Å². The molecule has 2 rings (SSSR count). The smallest absolute Gasteiger partial charge is 0.334 e. The summed E-state index contributed by atoms with van der Waals surface area (Å²) in [5.74, 6) is -1.27. The number of carbonyl (C=O) groups is 2. The van der Waals surface area contributed by atoms with Crippen LogP contribution in [0.2, 0.25) is 4.34 Å². The van der Waals surface area contributed by atoms with E-state index in [0.717, 1.165) is 4.88 Å². The Bertz CT molecular complexity index is 514. The first-order valence-electron chi connectivity index (χ1n) is 5.63. The predicted octanol–water partition coefficient (Wildman–Crippen LogP) is 1.73. The van der Waals surface area contributed by atoms with Crippen LogP contribution in [-0.4, -0.2) is 47.7 Å². The largest absolute Gasteiger partial charge is 0.479 e. The van der Waals surface area contributed by atoms with Gasteiger partial charge in [0.2, 0.25) is 5.91 Å². The summed E-state index contributed by atoms with van der Waals surface area (Å²) in [4.78, 5) is 25.1. The van der Waals surface area contributed by atoms with E-state index in [1.165, 1.54) is 22.3 Å². The van der Waals surface area contributed by atoms with Crippen molar-refractivity contribution in [3.05, 3.63) is 27.4 Å². The Hall–Kier alpha value is -1.37. The molecule has 0 saturated carbocycles. The van der Waals surface area contributed by atoms with Crippen LogP contribution >= 0.6 is 22.9 Å². The summed E-state index contributed by atoms with van der Waals surface area (Å²) in [5.41, 5.74) is 0. The fourth-order valence-electron chi connectivity index (χ4n) is 1.68. The lowest BCUT2D eigenvalue weighted by atomic mass is 10.2. The molecule has 1 amide bonds. The second-order valence-electron chi connectivity index (χ2n) is 3.96. The van der Waals surface area contributed by atoms with E-state index in [-0.39, 0.29) is 19.1 Å². The van der Waals surface area contributed by atoms with Crippen LogP contribution in [0.5, 0.6) is 0 Å². The normalized spacial score (nSPS) is 19.8. The fourth-order valence-corrected chi connectivity index (χ4v) is 2.64. The van der Waals surface area contributed by atoms with Crippen molar-refractivity contribution in [2.45, 2.75) is 6.10 Å². The number of aliphatic carboxylic acids is 1. The molecule has 0 spiro atoms. The average Bonchev–Trinajstić information content (AvgIpc) is 2.82. The van der Waals surface area contributed by atoms with Gasteiger partial charge in [0.05, 0.1) is 17.5 Å². The highest BCUT2D eigenvalue weighted by Crippen LogP contribution is 2.22. The van der Waals surface area contributed by atoms with Crippen molar-refractivity contribution in [1.82, 2.24) is 4.90 Å².